The maximum Gasteiger partial charge on any atom is 0.472 e. The third-order valence-electron chi connectivity index (χ3n) is 10.5. The average molecular weight is 847 g/mol. The molecule has 1 fully saturated rings. The van der Waals surface area contributed by atoms with Crippen molar-refractivity contribution in [2.24, 2.45) is 11.8 Å². The SMILES string of the molecule is CCCCCCCCCCCCCCCCCC(=O)OC[C@H](COP(=O)(O)OC[C@@H](O)CO)OC(=O)CCC/C=C\C[C@H]1C(=O)C[C@@H](O)[C@@H]1/C=C/[C@@H](O)CCCCC. The Hall–Kier alpha value is -1.96. The van der Waals surface area contributed by atoms with Crippen LogP contribution in [0, 0.1) is 11.8 Å². The Kier molecular flexibility index (Phi) is 32.4. The van der Waals surface area contributed by atoms with Gasteiger partial charge < -0.3 is 34.8 Å². The predicted octanol–water partition coefficient (Wildman–Crippen LogP) is 8.37. The van der Waals surface area contributed by atoms with Gasteiger partial charge in [-0.05, 0) is 32.1 Å². The third-order valence-corrected chi connectivity index (χ3v) is 11.4. The van der Waals surface area contributed by atoms with Crippen molar-refractivity contribution in [3.05, 3.63) is 24.3 Å². The van der Waals surface area contributed by atoms with Crippen LogP contribution in [0.2, 0.25) is 0 Å². The van der Waals surface area contributed by atoms with E-state index < -0.39 is 76.5 Å². The molecule has 0 amide bonds. The molecule has 0 radical (unpaired) electrons. The van der Waals surface area contributed by atoms with Gasteiger partial charge in [-0.1, -0.05) is 147 Å². The summed E-state index contributed by atoms with van der Waals surface area (Å²) in [5, 5.41) is 39.0. The average Bonchev–Trinajstić information content (AvgIpc) is 3.47. The number of hydrogen-bond acceptors (Lipinski definition) is 12. The van der Waals surface area contributed by atoms with Crippen molar-refractivity contribution >= 4 is 25.5 Å². The number of aliphatic hydroxyl groups excluding tert-OH is 4. The normalized spacial score (nSPS) is 19.8. The molecule has 0 aromatic rings. The van der Waals surface area contributed by atoms with Crippen molar-refractivity contribution in [1.82, 2.24) is 0 Å². The lowest BCUT2D eigenvalue weighted by Gasteiger charge is -2.20. The molecule has 14 heteroatoms. The fraction of sp³-hybridized carbons (Fsp3) is 0.841. The third kappa shape index (κ3) is 28.5. The van der Waals surface area contributed by atoms with Crippen LogP contribution in [0.3, 0.4) is 0 Å². The minimum absolute atomic E-state index is 0.00769. The molecule has 338 valence electrons. The van der Waals surface area contributed by atoms with E-state index in [9.17, 15) is 39.2 Å². The summed E-state index contributed by atoms with van der Waals surface area (Å²) in [5.74, 6) is -1.91. The molecule has 0 saturated heterocycles. The maximum absolute atomic E-state index is 12.7. The van der Waals surface area contributed by atoms with Crippen molar-refractivity contribution in [2.45, 2.75) is 199 Å². The highest BCUT2D eigenvalue weighted by Crippen LogP contribution is 2.43. The van der Waals surface area contributed by atoms with Crippen LogP contribution in [0.25, 0.3) is 0 Å². The van der Waals surface area contributed by atoms with Crippen LogP contribution in [-0.4, -0.2) is 93.9 Å². The van der Waals surface area contributed by atoms with Crippen LogP contribution in [0.4, 0.5) is 0 Å². The largest absolute Gasteiger partial charge is 0.472 e. The van der Waals surface area contributed by atoms with Gasteiger partial charge in [0.05, 0.1) is 32.0 Å². The molecule has 1 unspecified atom stereocenters. The summed E-state index contributed by atoms with van der Waals surface area (Å²) >= 11 is 0. The minimum Gasteiger partial charge on any atom is -0.462 e. The highest BCUT2D eigenvalue weighted by atomic mass is 31.2. The lowest BCUT2D eigenvalue weighted by Crippen LogP contribution is -2.29. The second kappa shape index (κ2) is 34.7. The van der Waals surface area contributed by atoms with Crippen molar-refractivity contribution in [2.75, 3.05) is 26.4 Å². The van der Waals surface area contributed by atoms with E-state index in [1.807, 2.05) is 12.2 Å². The number of unbranched alkanes of at least 4 members (excludes halogenated alkanes) is 17. The molecule has 1 aliphatic rings. The first-order valence-corrected chi connectivity index (χ1v) is 23.9. The van der Waals surface area contributed by atoms with Crippen LogP contribution in [0.5, 0.6) is 0 Å². The summed E-state index contributed by atoms with van der Waals surface area (Å²) in [6.45, 7) is 1.98. The zero-order valence-corrected chi connectivity index (χ0v) is 36.6. The van der Waals surface area contributed by atoms with E-state index in [0.29, 0.717) is 32.1 Å². The van der Waals surface area contributed by atoms with Gasteiger partial charge in [-0.2, -0.15) is 0 Å². The number of aliphatic hydroxyl groups is 4. The number of ether oxygens (including phenoxy) is 2. The Morgan fingerprint density at radius 2 is 1.31 bits per heavy atom. The first-order valence-electron chi connectivity index (χ1n) is 22.4. The molecule has 7 atom stereocenters. The monoisotopic (exact) mass is 847 g/mol. The molecule has 0 heterocycles. The lowest BCUT2D eigenvalue weighted by molar-refractivity contribution is -0.161. The molecule has 0 spiro atoms. The topological polar surface area (TPSA) is 206 Å². The molecule has 5 N–H and O–H groups in total. The van der Waals surface area contributed by atoms with Gasteiger partial charge in [0.25, 0.3) is 0 Å². The standard InChI is InChI=1S/C44H79O13P/c1-3-5-7-8-9-10-11-12-13-14-15-16-17-18-23-27-43(50)54-34-38(35-56-58(52,53)55-33-37(47)32-45)57-44(51)28-24-20-19-22-26-39-40(42(49)31-41(39)48)30-29-36(46)25-21-6-4-2/h19,22,29-30,36-40,42,45-47,49H,3-18,20-21,23-28,31-35H2,1-2H3,(H,52,53)/b22-19-,30-29+/t36-,37-,38+,39+,40+,42+/m0/s1. The van der Waals surface area contributed by atoms with Crippen molar-refractivity contribution in [1.29, 1.82) is 0 Å². The van der Waals surface area contributed by atoms with Crippen molar-refractivity contribution in [3.63, 3.8) is 0 Å². The summed E-state index contributed by atoms with van der Waals surface area (Å²) in [4.78, 5) is 47.7. The molecular formula is C44H79O13P. The summed E-state index contributed by atoms with van der Waals surface area (Å²) in [5.41, 5.74) is 0. The quantitative estimate of drug-likeness (QED) is 0.0172. The Morgan fingerprint density at radius 1 is 0.759 bits per heavy atom. The number of esters is 2. The van der Waals surface area contributed by atoms with Gasteiger partial charge in [0.2, 0.25) is 0 Å². The molecule has 13 nitrogen and oxygen atoms in total. The second-order valence-electron chi connectivity index (χ2n) is 15.9. The van der Waals surface area contributed by atoms with Crippen LogP contribution in [0.1, 0.15) is 174 Å². The van der Waals surface area contributed by atoms with Gasteiger partial charge in [0, 0.05) is 31.1 Å². The van der Waals surface area contributed by atoms with E-state index in [-0.39, 0.29) is 31.0 Å². The molecule has 58 heavy (non-hydrogen) atoms. The number of ketones is 1. The zero-order chi connectivity index (χ0) is 42.9. The minimum atomic E-state index is -4.69. The molecular weight excluding hydrogens is 767 g/mol. The first-order chi connectivity index (χ1) is 27.9. The van der Waals surface area contributed by atoms with Gasteiger partial charge >= 0.3 is 19.8 Å². The van der Waals surface area contributed by atoms with Crippen LogP contribution in [0.15, 0.2) is 24.3 Å². The van der Waals surface area contributed by atoms with E-state index in [0.717, 1.165) is 38.5 Å². The maximum atomic E-state index is 12.7. The molecule has 1 rings (SSSR count). The summed E-state index contributed by atoms with van der Waals surface area (Å²) in [6, 6.07) is 0. The highest BCUT2D eigenvalue weighted by molar-refractivity contribution is 7.47. The van der Waals surface area contributed by atoms with Gasteiger partial charge in [0.15, 0.2) is 6.10 Å². The number of hydrogen-bond donors (Lipinski definition) is 5. The number of Topliss-reactive ketones (excluding diaryl/α,β-unsaturated/α-hetero) is 1. The number of carbonyl (C=O) groups is 3. The molecule has 0 aliphatic heterocycles. The first kappa shape index (κ1) is 54.1. The number of allylic oxidation sites excluding steroid dienone is 2. The Bertz CT molecular complexity index is 1180. The number of phosphoric ester groups is 1. The molecule has 0 aromatic carbocycles. The lowest BCUT2D eigenvalue weighted by atomic mass is 9.90. The van der Waals surface area contributed by atoms with E-state index >= 15 is 0 Å². The van der Waals surface area contributed by atoms with Crippen LogP contribution >= 0.6 is 7.82 Å². The fourth-order valence-corrected chi connectivity index (χ4v) is 7.71. The molecule has 1 aliphatic carbocycles. The number of rotatable bonds is 38. The number of carbonyl (C=O) groups excluding carboxylic acids is 3. The van der Waals surface area contributed by atoms with E-state index in [4.69, 9.17) is 19.1 Å². The Morgan fingerprint density at radius 3 is 1.91 bits per heavy atom. The van der Waals surface area contributed by atoms with Gasteiger partial charge in [-0.3, -0.25) is 23.4 Å². The fourth-order valence-electron chi connectivity index (χ4n) is 6.92. The van der Waals surface area contributed by atoms with Crippen LogP contribution in [-0.2, 0) is 37.5 Å². The summed E-state index contributed by atoms with van der Waals surface area (Å²) in [6.07, 6.45) is 26.5. The van der Waals surface area contributed by atoms with Crippen LogP contribution < -0.4 is 0 Å². The van der Waals surface area contributed by atoms with Crippen molar-refractivity contribution < 1.29 is 62.8 Å². The van der Waals surface area contributed by atoms with Gasteiger partial charge in [0.1, 0.15) is 18.5 Å². The van der Waals surface area contributed by atoms with Gasteiger partial charge in [-0.25, -0.2) is 4.57 Å². The van der Waals surface area contributed by atoms with Crippen molar-refractivity contribution in [3.8, 4) is 0 Å². The highest BCUT2D eigenvalue weighted by Gasteiger charge is 2.39. The number of phosphoric acid groups is 1. The second-order valence-corrected chi connectivity index (χ2v) is 17.3. The molecule has 0 aromatic heterocycles. The zero-order valence-electron chi connectivity index (χ0n) is 35.7. The Labute approximate surface area is 349 Å². The summed E-state index contributed by atoms with van der Waals surface area (Å²) in [7, 11) is -4.69. The van der Waals surface area contributed by atoms with E-state index in [1.165, 1.54) is 70.6 Å². The summed E-state index contributed by atoms with van der Waals surface area (Å²) < 4.78 is 32.7. The van der Waals surface area contributed by atoms with E-state index in [2.05, 4.69) is 18.4 Å². The predicted molar refractivity (Wildman–Crippen MR) is 225 cm³/mol. The molecule has 1 saturated carbocycles. The van der Waals surface area contributed by atoms with E-state index in [1.54, 1.807) is 12.2 Å². The molecule has 0 bridgehead atoms. The smallest absolute Gasteiger partial charge is 0.462 e. The Balaban J connectivity index is 2.47. The van der Waals surface area contributed by atoms with Gasteiger partial charge in [-0.15, -0.1) is 0 Å².